The maximum Gasteiger partial charge on any atom is 0.286 e. The lowest BCUT2D eigenvalue weighted by Gasteiger charge is -2.26. The van der Waals surface area contributed by atoms with Crippen molar-refractivity contribution < 1.29 is 4.74 Å². The summed E-state index contributed by atoms with van der Waals surface area (Å²) in [5.41, 5.74) is 0. The molecule has 0 amide bonds. The fourth-order valence-electron chi connectivity index (χ4n) is 1.07. The molecule has 4 heteroatoms. The van der Waals surface area contributed by atoms with E-state index >= 15 is 0 Å². The minimum atomic E-state index is 0.168. The Bertz CT molecular complexity index is 137. The Balaban J connectivity index is 2.21. The van der Waals surface area contributed by atoms with Gasteiger partial charge in [0.1, 0.15) is 6.10 Å². The van der Waals surface area contributed by atoms with Gasteiger partial charge in [0.05, 0.1) is 0 Å². The van der Waals surface area contributed by atoms with Gasteiger partial charge in [-0.05, 0) is 12.8 Å². The van der Waals surface area contributed by atoms with Crippen molar-refractivity contribution in [2.24, 2.45) is 0 Å². The third-order valence-electron chi connectivity index (χ3n) is 1.70. The summed E-state index contributed by atoms with van der Waals surface area (Å²) in [5, 5.41) is 8.19. The second-order valence-electron chi connectivity index (χ2n) is 2.44. The zero-order chi connectivity index (χ0) is 7.40. The quantitative estimate of drug-likeness (QED) is 0.417. The average Bonchev–Trinajstić information content (AvgIpc) is 1.95. The molecular weight excluding hydrogens is 147 g/mol. The van der Waals surface area contributed by atoms with E-state index in [9.17, 15) is 0 Å². The molecule has 0 aromatic rings. The van der Waals surface area contributed by atoms with Gasteiger partial charge in [0.15, 0.2) is 0 Å². The lowest BCUT2D eigenvalue weighted by Crippen LogP contribution is -2.29. The Hall–Kier alpha value is -0.320. The van der Waals surface area contributed by atoms with Gasteiger partial charge in [0.25, 0.3) is 6.26 Å². The Morgan fingerprint density at radius 3 is 2.60 bits per heavy atom. The third-order valence-corrected chi connectivity index (χ3v) is 2.21. The van der Waals surface area contributed by atoms with Crippen LogP contribution >= 0.6 is 9.39 Å². The second kappa shape index (κ2) is 3.75. The van der Waals surface area contributed by atoms with Crippen molar-refractivity contribution in [2.75, 3.05) is 13.1 Å². The zero-order valence-corrected chi connectivity index (χ0v) is 6.94. The summed E-state index contributed by atoms with van der Waals surface area (Å²) in [6.45, 7) is 2.02. The zero-order valence-electron chi connectivity index (χ0n) is 5.79. The maximum absolute atomic E-state index is 8.19. The monoisotopic (exact) mass is 158 g/mol. The highest BCUT2D eigenvalue weighted by Gasteiger charge is 2.16. The third kappa shape index (κ3) is 2.13. The molecule has 1 saturated heterocycles. The maximum atomic E-state index is 8.19. The van der Waals surface area contributed by atoms with Crippen LogP contribution in [0.5, 0.6) is 0 Å². The molecule has 1 heterocycles. The number of nitriles is 1. The van der Waals surface area contributed by atoms with Gasteiger partial charge in [-0.25, -0.2) is 0 Å². The molecule has 1 aliphatic rings. The van der Waals surface area contributed by atoms with Crippen LogP contribution in [0.3, 0.4) is 0 Å². The summed E-state index contributed by atoms with van der Waals surface area (Å²) in [7, 11) is 2.65. The lowest BCUT2D eigenvalue weighted by atomic mass is 10.1. The van der Waals surface area contributed by atoms with E-state index in [0.717, 1.165) is 25.9 Å². The predicted octanol–water partition coefficient (Wildman–Crippen LogP) is 0.739. The molecule has 0 aromatic carbocycles. The normalized spacial score (nSPS) is 22.0. The number of ether oxygens (including phenoxy) is 1. The summed E-state index contributed by atoms with van der Waals surface area (Å²) in [6, 6.07) is 0. The molecule has 0 aromatic heterocycles. The average molecular weight is 158 g/mol. The van der Waals surface area contributed by atoms with Crippen LogP contribution in [0.25, 0.3) is 0 Å². The molecule has 3 nitrogen and oxygen atoms in total. The molecular formula is C6H11N2OP. The number of piperidine rings is 1. The Morgan fingerprint density at radius 2 is 2.10 bits per heavy atom. The van der Waals surface area contributed by atoms with E-state index in [0.29, 0.717) is 0 Å². The van der Waals surface area contributed by atoms with Crippen LogP contribution in [0, 0.1) is 11.5 Å². The highest BCUT2D eigenvalue weighted by molar-refractivity contribution is 7.13. The molecule has 0 saturated carbocycles. The van der Waals surface area contributed by atoms with Crippen LogP contribution in [-0.2, 0) is 4.74 Å². The van der Waals surface area contributed by atoms with Crippen molar-refractivity contribution in [3.05, 3.63) is 0 Å². The molecule has 56 valence electrons. The summed E-state index contributed by atoms with van der Waals surface area (Å²) < 4.78 is 6.96. The number of hydrogen-bond donors (Lipinski definition) is 0. The smallest absolute Gasteiger partial charge is 0.286 e. The summed E-state index contributed by atoms with van der Waals surface area (Å²) in [5.74, 6) is 0. The molecule has 0 aliphatic carbocycles. The van der Waals surface area contributed by atoms with Gasteiger partial charge < -0.3 is 4.74 Å². The first kappa shape index (κ1) is 7.78. The Kier molecular flexibility index (Phi) is 2.92. The van der Waals surface area contributed by atoms with Crippen LogP contribution in [0.1, 0.15) is 12.8 Å². The van der Waals surface area contributed by atoms with E-state index in [4.69, 9.17) is 10.00 Å². The number of nitrogens with zero attached hydrogens (tertiary/aromatic N) is 2. The fourth-order valence-corrected chi connectivity index (χ4v) is 1.37. The fraction of sp³-hybridized carbons (Fsp3) is 0.833. The van der Waals surface area contributed by atoms with Crippen molar-refractivity contribution in [2.45, 2.75) is 18.9 Å². The van der Waals surface area contributed by atoms with Gasteiger partial charge in [-0.1, -0.05) is 9.39 Å². The van der Waals surface area contributed by atoms with Crippen molar-refractivity contribution in [3.63, 3.8) is 0 Å². The molecule has 1 rings (SSSR count). The summed E-state index contributed by atoms with van der Waals surface area (Å²) in [6.07, 6.45) is 3.83. The highest BCUT2D eigenvalue weighted by Crippen LogP contribution is 2.15. The topological polar surface area (TPSA) is 36.3 Å². The second-order valence-corrected chi connectivity index (χ2v) is 3.17. The van der Waals surface area contributed by atoms with Gasteiger partial charge in [-0.3, -0.25) is 4.67 Å². The van der Waals surface area contributed by atoms with E-state index in [1.54, 1.807) is 6.26 Å². The van der Waals surface area contributed by atoms with Gasteiger partial charge in [0.2, 0.25) is 0 Å². The minimum absolute atomic E-state index is 0.168. The highest BCUT2D eigenvalue weighted by atomic mass is 31.0. The molecule has 0 N–H and O–H groups in total. The van der Waals surface area contributed by atoms with E-state index < -0.39 is 0 Å². The largest absolute Gasteiger partial charge is 0.424 e. The molecule has 1 aliphatic heterocycles. The van der Waals surface area contributed by atoms with E-state index in [2.05, 4.69) is 14.1 Å². The number of rotatable bonds is 1. The van der Waals surface area contributed by atoms with Crippen LogP contribution in [0.2, 0.25) is 0 Å². The van der Waals surface area contributed by atoms with Gasteiger partial charge in [-0.15, -0.1) is 0 Å². The van der Waals surface area contributed by atoms with E-state index in [1.807, 2.05) is 0 Å². The van der Waals surface area contributed by atoms with Gasteiger partial charge in [-0.2, -0.15) is 5.26 Å². The first-order valence-corrected chi connectivity index (χ1v) is 3.89. The van der Waals surface area contributed by atoms with Crippen LogP contribution < -0.4 is 0 Å². The predicted molar refractivity (Wildman–Crippen MR) is 41.0 cm³/mol. The van der Waals surface area contributed by atoms with E-state index in [1.165, 1.54) is 0 Å². The van der Waals surface area contributed by atoms with Gasteiger partial charge in [0, 0.05) is 13.1 Å². The van der Waals surface area contributed by atoms with Crippen molar-refractivity contribution in [1.29, 1.82) is 5.26 Å². The lowest BCUT2D eigenvalue weighted by molar-refractivity contribution is 0.107. The standard InChI is InChI=1S/C6H11N2OP/c7-5-9-6-1-3-8(10)4-2-6/h6H,1-4,10H2. The first-order chi connectivity index (χ1) is 4.83. The number of hydrogen-bond acceptors (Lipinski definition) is 3. The Labute approximate surface area is 63.2 Å². The molecule has 1 fully saturated rings. The molecule has 0 radical (unpaired) electrons. The Morgan fingerprint density at radius 1 is 1.50 bits per heavy atom. The minimum Gasteiger partial charge on any atom is -0.424 e. The summed E-state index contributed by atoms with van der Waals surface area (Å²) >= 11 is 0. The van der Waals surface area contributed by atoms with Crippen molar-refractivity contribution in [3.8, 4) is 6.26 Å². The molecule has 10 heavy (non-hydrogen) atoms. The molecule has 0 spiro atoms. The SMILES string of the molecule is N#COC1CCN(P)CC1. The van der Waals surface area contributed by atoms with Gasteiger partial charge >= 0.3 is 0 Å². The van der Waals surface area contributed by atoms with Crippen molar-refractivity contribution in [1.82, 2.24) is 4.67 Å². The van der Waals surface area contributed by atoms with Crippen molar-refractivity contribution >= 4 is 9.39 Å². The van der Waals surface area contributed by atoms with Crippen LogP contribution in [-0.4, -0.2) is 23.9 Å². The van der Waals surface area contributed by atoms with E-state index in [-0.39, 0.29) is 6.10 Å². The molecule has 1 atom stereocenters. The summed E-state index contributed by atoms with van der Waals surface area (Å²) in [4.78, 5) is 0. The molecule has 0 bridgehead atoms. The first-order valence-electron chi connectivity index (χ1n) is 3.37. The van der Waals surface area contributed by atoms with Crippen LogP contribution in [0.15, 0.2) is 0 Å². The molecule has 1 unspecified atom stereocenters. The van der Waals surface area contributed by atoms with Crippen LogP contribution in [0.4, 0.5) is 0 Å².